The van der Waals surface area contributed by atoms with E-state index in [4.69, 9.17) is 0 Å². The molecule has 1 fully saturated rings. The molecule has 0 aromatic heterocycles. The predicted octanol–water partition coefficient (Wildman–Crippen LogP) is 4.86. The van der Waals surface area contributed by atoms with Crippen molar-refractivity contribution in [3.05, 3.63) is 53.4 Å². The fourth-order valence-electron chi connectivity index (χ4n) is 4.62. The summed E-state index contributed by atoms with van der Waals surface area (Å²) < 4.78 is 13.6. The first-order valence-electron chi connectivity index (χ1n) is 8.32. The topological polar surface area (TPSA) is 17.1 Å². The zero-order valence-electron chi connectivity index (χ0n) is 12.8. The van der Waals surface area contributed by atoms with Crippen LogP contribution in [0.4, 0.5) is 4.39 Å². The average Bonchev–Trinajstić information content (AvgIpc) is 2.52. The second-order valence-corrected chi connectivity index (χ2v) is 7.31. The Kier molecular flexibility index (Phi) is 3.11. The molecule has 0 saturated heterocycles. The van der Waals surface area contributed by atoms with Gasteiger partial charge in [-0.05, 0) is 60.4 Å². The molecule has 0 amide bonds. The molecule has 2 heteroatoms. The number of carbonyl (C=O) groups is 1. The van der Waals surface area contributed by atoms with Crippen LogP contribution in [0.15, 0.2) is 36.4 Å². The first kappa shape index (κ1) is 13.9. The van der Waals surface area contributed by atoms with E-state index >= 15 is 0 Å². The molecular weight excluding hydrogens is 275 g/mol. The molecule has 0 aliphatic heterocycles. The van der Waals surface area contributed by atoms with Crippen LogP contribution < -0.4 is 0 Å². The minimum absolute atomic E-state index is 0.182. The van der Waals surface area contributed by atoms with Crippen molar-refractivity contribution in [3.8, 4) is 0 Å². The Morgan fingerprint density at radius 3 is 2.64 bits per heavy atom. The van der Waals surface area contributed by atoms with E-state index in [-0.39, 0.29) is 17.0 Å². The second kappa shape index (κ2) is 4.91. The van der Waals surface area contributed by atoms with Gasteiger partial charge in [0.05, 0.1) is 5.41 Å². The van der Waals surface area contributed by atoms with Crippen LogP contribution in [-0.2, 0) is 11.2 Å². The largest absolute Gasteiger partial charge is 0.294 e. The van der Waals surface area contributed by atoms with Crippen LogP contribution in [0.1, 0.15) is 49.7 Å². The summed E-state index contributed by atoms with van der Waals surface area (Å²) in [5.41, 5.74) is 1.75. The van der Waals surface area contributed by atoms with Crippen molar-refractivity contribution in [2.45, 2.75) is 44.9 Å². The minimum atomic E-state index is -0.452. The molecule has 1 atom stereocenters. The van der Waals surface area contributed by atoms with Gasteiger partial charge < -0.3 is 0 Å². The molecule has 0 radical (unpaired) electrons. The Balaban J connectivity index is 1.72. The van der Waals surface area contributed by atoms with Crippen LogP contribution in [0, 0.1) is 16.6 Å². The number of allylic oxidation sites excluding steroid dienone is 3. The molecule has 2 spiro atoms. The number of ketones is 1. The van der Waals surface area contributed by atoms with E-state index in [0.717, 1.165) is 17.5 Å². The van der Waals surface area contributed by atoms with E-state index in [2.05, 4.69) is 12.2 Å². The van der Waals surface area contributed by atoms with Crippen LogP contribution in [0.2, 0.25) is 0 Å². The maximum Gasteiger partial charge on any atom is 0.165 e. The van der Waals surface area contributed by atoms with Crippen LogP contribution >= 0.6 is 0 Å². The van der Waals surface area contributed by atoms with Gasteiger partial charge in [0.1, 0.15) is 5.82 Å². The van der Waals surface area contributed by atoms with Crippen LogP contribution in [0.3, 0.4) is 0 Å². The Morgan fingerprint density at radius 2 is 1.82 bits per heavy atom. The maximum absolute atomic E-state index is 13.6. The predicted molar refractivity (Wildman–Crippen MR) is 85.9 cm³/mol. The number of halogens is 1. The third kappa shape index (κ3) is 2.16. The van der Waals surface area contributed by atoms with Crippen molar-refractivity contribution in [1.29, 1.82) is 0 Å². The fraction of sp³-hybridized carbons (Fsp3) is 0.450. The lowest BCUT2D eigenvalue weighted by Gasteiger charge is -2.45. The molecular formula is C20H21FO. The van der Waals surface area contributed by atoms with Gasteiger partial charge in [0.25, 0.3) is 0 Å². The van der Waals surface area contributed by atoms with Crippen molar-refractivity contribution in [2.75, 3.05) is 0 Å². The van der Waals surface area contributed by atoms with Gasteiger partial charge >= 0.3 is 0 Å². The monoisotopic (exact) mass is 296 g/mol. The van der Waals surface area contributed by atoms with E-state index < -0.39 is 5.41 Å². The van der Waals surface area contributed by atoms with Crippen molar-refractivity contribution in [1.82, 2.24) is 0 Å². The molecule has 22 heavy (non-hydrogen) atoms. The molecule has 0 bridgehead atoms. The Hall–Kier alpha value is -1.70. The van der Waals surface area contributed by atoms with Gasteiger partial charge in [0.2, 0.25) is 0 Å². The lowest BCUT2D eigenvalue weighted by atomic mass is 9.57. The summed E-state index contributed by atoms with van der Waals surface area (Å²) in [6.45, 7) is 0. The first-order valence-corrected chi connectivity index (χ1v) is 8.32. The first-order chi connectivity index (χ1) is 10.6. The number of hydrogen-bond acceptors (Lipinski definition) is 1. The lowest BCUT2D eigenvalue weighted by molar-refractivity contribution is -0.124. The van der Waals surface area contributed by atoms with Crippen molar-refractivity contribution < 1.29 is 9.18 Å². The molecule has 0 unspecified atom stereocenters. The Labute approximate surface area is 130 Å². The van der Waals surface area contributed by atoms with E-state index in [1.54, 1.807) is 6.07 Å². The summed E-state index contributed by atoms with van der Waals surface area (Å²) in [6, 6.07) is 4.90. The zero-order valence-corrected chi connectivity index (χ0v) is 12.8. The van der Waals surface area contributed by atoms with Crippen LogP contribution in [-0.4, -0.2) is 5.78 Å². The summed E-state index contributed by atoms with van der Waals surface area (Å²) in [6.07, 6.45) is 15.8. The standard InChI is InChI=1S/C20H21FO/c21-17-5-4-15-6-11-20(13-16(15)12-17)14-19(10-7-18(20)22)8-2-1-3-9-19/h4-7,10-12H,1-3,8-9,13-14H2/t20-/m1/s1. The Morgan fingerprint density at radius 1 is 1.00 bits per heavy atom. The normalized spacial score (nSPS) is 29.0. The van der Waals surface area contributed by atoms with Gasteiger partial charge in [-0.3, -0.25) is 4.79 Å². The van der Waals surface area contributed by atoms with Gasteiger partial charge in [-0.2, -0.15) is 0 Å². The highest BCUT2D eigenvalue weighted by molar-refractivity contribution is 5.99. The smallest absolute Gasteiger partial charge is 0.165 e. The molecule has 3 aliphatic carbocycles. The van der Waals surface area contributed by atoms with Crippen molar-refractivity contribution >= 4 is 11.9 Å². The van der Waals surface area contributed by atoms with Gasteiger partial charge in [0.15, 0.2) is 5.78 Å². The van der Waals surface area contributed by atoms with Crippen LogP contribution in [0.25, 0.3) is 6.08 Å². The molecule has 4 rings (SSSR count). The van der Waals surface area contributed by atoms with E-state index in [0.29, 0.717) is 6.42 Å². The summed E-state index contributed by atoms with van der Waals surface area (Å²) in [7, 11) is 0. The molecule has 1 saturated carbocycles. The maximum atomic E-state index is 13.6. The second-order valence-electron chi connectivity index (χ2n) is 7.31. The number of hydrogen-bond donors (Lipinski definition) is 0. The van der Waals surface area contributed by atoms with E-state index in [9.17, 15) is 9.18 Å². The summed E-state index contributed by atoms with van der Waals surface area (Å²) >= 11 is 0. The van der Waals surface area contributed by atoms with E-state index in [1.807, 2.05) is 18.2 Å². The summed E-state index contributed by atoms with van der Waals surface area (Å²) in [5.74, 6) is -0.0229. The fourth-order valence-corrected chi connectivity index (χ4v) is 4.62. The molecule has 1 nitrogen and oxygen atoms in total. The van der Waals surface area contributed by atoms with Gasteiger partial charge in [-0.25, -0.2) is 4.39 Å². The zero-order chi connectivity index (χ0) is 15.2. The van der Waals surface area contributed by atoms with E-state index in [1.165, 1.54) is 38.2 Å². The highest BCUT2D eigenvalue weighted by Gasteiger charge is 2.47. The van der Waals surface area contributed by atoms with Gasteiger partial charge in [-0.15, -0.1) is 0 Å². The third-order valence-electron chi connectivity index (χ3n) is 5.79. The third-order valence-corrected chi connectivity index (χ3v) is 5.79. The average molecular weight is 296 g/mol. The van der Waals surface area contributed by atoms with Crippen LogP contribution in [0.5, 0.6) is 0 Å². The molecule has 1 aromatic rings. The lowest BCUT2D eigenvalue weighted by Crippen LogP contribution is -2.42. The molecule has 3 aliphatic rings. The number of rotatable bonds is 0. The number of carbonyl (C=O) groups excluding carboxylic acids is 1. The number of fused-ring (bicyclic) bond motifs is 1. The Bertz CT molecular complexity index is 679. The quantitative estimate of drug-likeness (QED) is 0.668. The highest BCUT2D eigenvalue weighted by atomic mass is 19.1. The molecule has 1 aromatic carbocycles. The molecule has 0 N–H and O–H groups in total. The van der Waals surface area contributed by atoms with Crippen molar-refractivity contribution in [3.63, 3.8) is 0 Å². The SMILES string of the molecule is O=C1C=CC2(CCCCC2)C[C@]12C=Cc1ccc(F)cc1C2. The van der Waals surface area contributed by atoms with Crippen molar-refractivity contribution in [2.24, 2.45) is 10.8 Å². The highest BCUT2D eigenvalue weighted by Crippen LogP contribution is 2.52. The number of benzene rings is 1. The minimum Gasteiger partial charge on any atom is -0.294 e. The van der Waals surface area contributed by atoms with Gasteiger partial charge in [-0.1, -0.05) is 43.6 Å². The molecule has 114 valence electrons. The summed E-state index contributed by atoms with van der Waals surface area (Å²) in [5, 5.41) is 0. The van der Waals surface area contributed by atoms with Gasteiger partial charge in [0, 0.05) is 0 Å². The molecule has 0 heterocycles. The summed E-state index contributed by atoms with van der Waals surface area (Å²) in [4.78, 5) is 12.7.